The molecule has 1 saturated carbocycles. The lowest BCUT2D eigenvalue weighted by Gasteiger charge is -2.23. The topological polar surface area (TPSA) is 75.7 Å². The average Bonchev–Trinajstić information content (AvgIpc) is 3.59. The first kappa shape index (κ1) is 22.4. The molecule has 8 heteroatoms. The maximum atomic E-state index is 13.6. The van der Waals surface area contributed by atoms with E-state index in [-0.39, 0.29) is 39.4 Å². The Morgan fingerprint density at radius 1 is 0.971 bits per heavy atom. The van der Waals surface area contributed by atoms with E-state index in [0.29, 0.717) is 5.69 Å². The van der Waals surface area contributed by atoms with Crippen LogP contribution in [-0.2, 0) is 15.0 Å². The standard InChI is InChI=1S/C26H20Cl2N2O4/c1-2-21(31)34-23-18(29-24(32)22-16(27)8-5-9-17(22)28)10-6-12-20(23)30-19-11-4-3-7-15(19)26(13-14-26)25(30)33/h3-12H,2,13-14H2,1H3,(H,29,32). The number of hydrogen-bond donors (Lipinski definition) is 1. The molecule has 2 amide bonds. The Morgan fingerprint density at radius 3 is 2.29 bits per heavy atom. The van der Waals surface area contributed by atoms with Crippen LogP contribution in [0, 0.1) is 0 Å². The fraction of sp³-hybridized carbons (Fsp3) is 0.192. The van der Waals surface area contributed by atoms with Gasteiger partial charge in [0.25, 0.3) is 5.91 Å². The molecule has 3 aromatic rings. The van der Waals surface area contributed by atoms with Gasteiger partial charge in [0.15, 0.2) is 5.75 Å². The Labute approximate surface area is 206 Å². The zero-order chi connectivity index (χ0) is 24.0. The van der Waals surface area contributed by atoms with Gasteiger partial charge in [0.2, 0.25) is 5.91 Å². The van der Waals surface area contributed by atoms with E-state index in [1.165, 1.54) is 0 Å². The molecule has 2 aliphatic rings. The van der Waals surface area contributed by atoms with E-state index in [2.05, 4.69) is 5.32 Å². The lowest BCUT2D eigenvalue weighted by Crippen LogP contribution is -2.29. The summed E-state index contributed by atoms with van der Waals surface area (Å²) < 4.78 is 5.67. The lowest BCUT2D eigenvalue weighted by atomic mass is 9.98. The highest BCUT2D eigenvalue weighted by Crippen LogP contribution is 2.60. The molecule has 0 radical (unpaired) electrons. The van der Waals surface area contributed by atoms with E-state index in [1.54, 1.807) is 48.2 Å². The van der Waals surface area contributed by atoms with Gasteiger partial charge in [-0.1, -0.05) is 60.5 Å². The molecule has 3 aromatic carbocycles. The van der Waals surface area contributed by atoms with Crippen molar-refractivity contribution in [1.29, 1.82) is 0 Å². The van der Waals surface area contributed by atoms with Crippen molar-refractivity contribution in [2.24, 2.45) is 0 Å². The van der Waals surface area contributed by atoms with Crippen LogP contribution in [0.25, 0.3) is 0 Å². The van der Waals surface area contributed by atoms with Gasteiger partial charge in [0.1, 0.15) is 0 Å². The van der Waals surface area contributed by atoms with Crippen molar-refractivity contribution in [3.05, 3.63) is 81.8 Å². The molecule has 0 unspecified atom stereocenters. The number of ether oxygens (including phenoxy) is 1. The summed E-state index contributed by atoms with van der Waals surface area (Å²) in [6.45, 7) is 1.67. The van der Waals surface area contributed by atoms with Crippen LogP contribution in [-0.4, -0.2) is 17.8 Å². The molecule has 172 valence electrons. The van der Waals surface area contributed by atoms with Crippen LogP contribution in [0.3, 0.4) is 0 Å². The number of esters is 1. The van der Waals surface area contributed by atoms with E-state index < -0.39 is 17.3 Å². The number of nitrogens with zero attached hydrogens (tertiary/aromatic N) is 1. The number of nitrogens with one attached hydrogen (secondary N) is 1. The third-order valence-electron chi connectivity index (χ3n) is 6.20. The highest BCUT2D eigenvalue weighted by atomic mass is 35.5. The summed E-state index contributed by atoms with van der Waals surface area (Å²) in [4.78, 5) is 40.6. The van der Waals surface area contributed by atoms with Crippen LogP contribution in [0.1, 0.15) is 42.1 Å². The van der Waals surface area contributed by atoms with Gasteiger partial charge in [0, 0.05) is 6.42 Å². The fourth-order valence-corrected chi connectivity index (χ4v) is 4.92. The average molecular weight is 495 g/mol. The Balaban J connectivity index is 1.61. The van der Waals surface area contributed by atoms with Crippen molar-refractivity contribution < 1.29 is 19.1 Å². The normalized spacial score (nSPS) is 15.3. The summed E-state index contributed by atoms with van der Waals surface area (Å²) >= 11 is 12.4. The summed E-state index contributed by atoms with van der Waals surface area (Å²) in [7, 11) is 0. The monoisotopic (exact) mass is 494 g/mol. The molecular formula is C26H20Cl2N2O4. The Morgan fingerprint density at radius 2 is 1.62 bits per heavy atom. The number of benzene rings is 3. The predicted octanol–water partition coefficient (Wildman–Crippen LogP) is 6.27. The van der Waals surface area contributed by atoms with Gasteiger partial charge in [-0.2, -0.15) is 0 Å². The second-order valence-corrected chi connectivity index (χ2v) is 9.09. The number of amides is 2. The molecule has 0 aromatic heterocycles. The molecule has 1 spiro atoms. The van der Waals surface area contributed by atoms with Crippen molar-refractivity contribution in [1.82, 2.24) is 0 Å². The number of carbonyl (C=O) groups excluding carboxylic acids is 3. The molecule has 34 heavy (non-hydrogen) atoms. The van der Waals surface area contributed by atoms with Crippen LogP contribution >= 0.6 is 23.2 Å². The molecule has 1 heterocycles. The molecule has 0 atom stereocenters. The molecule has 0 bridgehead atoms. The molecule has 6 nitrogen and oxygen atoms in total. The molecular weight excluding hydrogens is 475 g/mol. The largest absolute Gasteiger partial charge is 0.422 e. The zero-order valence-corrected chi connectivity index (χ0v) is 19.7. The second-order valence-electron chi connectivity index (χ2n) is 8.27. The summed E-state index contributed by atoms with van der Waals surface area (Å²) in [5.41, 5.74) is 1.88. The number of fused-ring (bicyclic) bond motifs is 2. The van der Waals surface area contributed by atoms with E-state index in [4.69, 9.17) is 27.9 Å². The number of para-hydroxylation sites is 2. The van der Waals surface area contributed by atoms with Gasteiger partial charge in [-0.3, -0.25) is 19.3 Å². The number of halogens is 2. The molecule has 1 aliphatic heterocycles. The predicted molar refractivity (Wildman–Crippen MR) is 131 cm³/mol. The van der Waals surface area contributed by atoms with Gasteiger partial charge in [-0.25, -0.2) is 0 Å². The first-order valence-electron chi connectivity index (χ1n) is 10.9. The molecule has 0 saturated heterocycles. The highest BCUT2D eigenvalue weighted by Gasteiger charge is 2.59. The van der Waals surface area contributed by atoms with Crippen LogP contribution in [0.5, 0.6) is 5.75 Å². The van der Waals surface area contributed by atoms with Crippen LogP contribution in [0.4, 0.5) is 17.1 Å². The minimum Gasteiger partial charge on any atom is -0.422 e. The summed E-state index contributed by atoms with van der Waals surface area (Å²) in [5, 5.41) is 3.13. The van der Waals surface area contributed by atoms with Crippen molar-refractivity contribution >= 4 is 58.0 Å². The van der Waals surface area contributed by atoms with Crippen molar-refractivity contribution in [2.75, 3.05) is 10.2 Å². The second kappa shape index (κ2) is 8.46. The van der Waals surface area contributed by atoms with Gasteiger partial charge in [-0.15, -0.1) is 0 Å². The van der Waals surface area contributed by atoms with Gasteiger partial charge >= 0.3 is 5.97 Å². The number of carbonyl (C=O) groups is 3. The first-order valence-corrected chi connectivity index (χ1v) is 11.7. The summed E-state index contributed by atoms with van der Waals surface area (Å²) in [5.74, 6) is -1.04. The van der Waals surface area contributed by atoms with Crippen LogP contribution < -0.4 is 15.0 Å². The Hall–Kier alpha value is -3.35. The summed E-state index contributed by atoms with van der Waals surface area (Å²) in [6, 6.07) is 17.4. The maximum Gasteiger partial charge on any atom is 0.311 e. The molecule has 1 fully saturated rings. The third kappa shape index (κ3) is 3.54. The highest BCUT2D eigenvalue weighted by molar-refractivity contribution is 6.40. The van der Waals surface area contributed by atoms with Crippen LogP contribution in [0.15, 0.2) is 60.7 Å². The van der Waals surface area contributed by atoms with Crippen molar-refractivity contribution in [3.63, 3.8) is 0 Å². The number of rotatable bonds is 5. The van der Waals surface area contributed by atoms with Gasteiger partial charge in [0.05, 0.1) is 38.1 Å². The third-order valence-corrected chi connectivity index (χ3v) is 6.83. The van der Waals surface area contributed by atoms with Crippen molar-refractivity contribution in [2.45, 2.75) is 31.6 Å². The van der Waals surface area contributed by atoms with E-state index in [0.717, 1.165) is 24.1 Å². The molecule has 1 aliphatic carbocycles. The maximum absolute atomic E-state index is 13.6. The number of anilines is 3. The minimum absolute atomic E-state index is 0.0693. The molecule has 5 rings (SSSR count). The van der Waals surface area contributed by atoms with Crippen molar-refractivity contribution in [3.8, 4) is 5.75 Å². The zero-order valence-electron chi connectivity index (χ0n) is 18.2. The van der Waals surface area contributed by atoms with E-state index >= 15 is 0 Å². The SMILES string of the molecule is CCC(=O)Oc1c(NC(=O)c2c(Cl)cccc2Cl)cccc1N1C(=O)C2(CC2)c2ccccc21. The van der Waals surface area contributed by atoms with Crippen LogP contribution in [0.2, 0.25) is 10.0 Å². The molecule has 1 N–H and O–H groups in total. The van der Waals surface area contributed by atoms with Gasteiger partial charge < -0.3 is 10.1 Å². The quantitative estimate of drug-likeness (QED) is 0.334. The lowest BCUT2D eigenvalue weighted by molar-refractivity contribution is -0.134. The number of hydrogen-bond acceptors (Lipinski definition) is 4. The Kier molecular flexibility index (Phi) is 5.58. The van der Waals surface area contributed by atoms with E-state index in [9.17, 15) is 14.4 Å². The minimum atomic E-state index is -0.562. The fourth-order valence-electron chi connectivity index (χ4n) is 4.35. The Bertz CT molecular complexity index is 1330. The van der Waals surface area contributed by atoms with Gasteiger partial charge in [-0.05, 0) is 48.7 Å². The van der Waals surface area contributed by atoms with E-state index in [1.807, 2.05) is 24.3 Å². The summed E-state index contributed by atoms with van der Waals surface area (Å²) in [6.07, 6.45) is 1.66. The first-order chi connectivity index (χ1) is 16.4. The smallest absolute Gasteiger partial charge is 0.311 e.